The SMILES string of the molecule is CN=C(NCCOc1ccc2c(c1)OCO2)N(C)Cc1csc(C)n1. The Hall–Kier alpha value is -2.48. The van der Waals surface area contributed by atoms with Crippen LogP contribution in [-0.2, 0) is 6.54 Å². The maximum absolute atomic E-state index is 5.75. The van der Waals surface area contributed by atoms with E-state index in [1.165, 1.54) is 0 Å². The standard InChI is InChI=1S/C17H22N4O3S/c1-12-20-13(10-25-12)9-21(3)17(18-2)19-6-7-22-14-4-5-15-16(8-14)24-11-23-15/h4-5,8,10H,6-7,9,11H2,1-3H3,(H,18,19). The highest BCUT2D eigenvalue weighted by atomic mass is 32.1. The van der Waals surface area contributed by atoms with E-state index in [9.17, 15) is 0 Å². The van der Waals surface area contributed by atoms with Gasteiger partial charge in [0, 0.05) is 25.5 Å². The lowest BCUT2D eigenvalue weighted by atomic mass is 10.3. The molecule has 0 saturated heterocycles. The summed E-state index contributed by atoms with van der Waals surface area (Å²) in [5, 5.41) is 6.43. The van der Waals surface area contributed by atoms with E-state index in [0.29, 0.717) is 19.7 Å². The molecule has 0 bridgehead atoms. The van der Waals surface area contributed by atoms with Crippen LogP contribution >= 0.6 is 11.3 Å². The number of aromatic nitrogens is 1. The van der Waals surface area contributed by atoms with Crippen LogP contribution in [0, 0.1) is 6.92 Å². The number of benzene rings is 1. The molecule has 1 aromatic heterocycles. The summed E-state index contributed by atoms with van der Waals surface area (Å²) in [5.41, 5.74) is 1.05. The average molecular weight is 362 g/mol. The Kier molecular flexibility index (Phi) is 5.60. The topological polar surface area (TPSA) is 68.2 Å². The second kappa shape index (κ2) is 8.06. The second-order valence-corrected chi connectivity index (χ2v) is 6.61. The number of hydrogen-bond acceptors (Lipinski definition) is 6. The molecule has 0 fully saturated rings. The van der Waals surface area contributed by atoms with Crippen LogP contribution in [0.25, 0.3) is 0 Å². The zero-order valence-electron chi connectivity index (χ0n) is 14.6. The molecule has 2 heterocycles. The molecule has 134 valence electrons. The van der Waals surface area contributed by atoms with Gasteiger partial charge >= 0.3 is 0 Å². The molecule has 2 aromatic rings. The van der Waals surface area contributed by atoms with Gasteiger partial charge in [0.2, 0.25) is 6.79 Å². The van der Waals surface area contributed by atoms with Gasteiger partial charge in [0.1, 0.15) is 12.4 Å². The van der Waals surface area contributed by atoms with Crippen LogP contribution in [0.4, 0.5) is 0 Å². The lowest BCUT2D eigenvalue weighted by molar-refractivity contribution is 0.173. The fourth-order valence-corrected chi connectivity index (χ4v) is 3.09. The van der Waals surface area contributed by atoms with Crippen molar-refractivity contribution in [2.75, 3.05) is 34.0 Å². The summed E-state index contributed by atoms with van der Waals surface area (Å²) in [5.74, 6) is 3.04. The Labute approximate surface area is 151 Å². The Morgan fingerprint density at radius 1 is 1.40 bits per heavy atom. The number of rotatable bonds is 6. The van der Waals surface area contributed by atoms with Gasteiger partial charge < -0.3 is 24.4 Å². The van der Waals surface area contributed by atoms with Crippen LogP contribution < -0.4 is 19.5 Å². The minimum Gasteiger partial charge on any atom is -0.492 e. The van der Waals surface area contributed by atoms with Crippen LogP contribution in [0.3, 0.4) is 0 Å². The van der Waals surface area contributed by atoms with E-state index in [0.717, 1.165) is 33.9 Å². The third-order valence-electron chi connectivity index (χ3n) is 3.64. The van der Waals surface area contributed by atoms with Gasteiger partial charge in [-0.15, -0.1) is 11.3 Å². The zero-order valence-corrected chi connectivity index (χ0v) is 15.4. The maximum Gasteiger partial charge on any atom is 0.231 e. The molecule has 0 aliphatic carbocycles. The molecular weight excluding hydrogens is 340 g/mol. The fraction of sp³-hybridized carbons (Fsp3) is 0.412. The van der Waals surface area contributed by atoms with E-state index >= 15 is 0 Å². The van der Waals surface area contributed by atoms with Crippen LogP contribution in [-0.4, -0.2) is 49.9 Å². The van der Waals surface area contributed by atoms with Crippen molar-refractivity contribution < 1.29 is 14.2 Å². The molecule has 1 N–H and O–H groups in total. The molecule has 0 radical (unpaired) electrons. The lowest BCUT2D eigenvalue weighted by Gasteiger charge is -2.21. The molecule has 3 rings (SSSR count). The first-order valence-corrected chi connectivity index (χ1v) is 8.89. The predicted octanol–water partition coefficient (Wildman–Crippen LogP) is 2.27. The average Bonchev–Trinajstić information content (AvgIpc) is 3.23. The Morgan fingerprint density at radius 3 is 3.00 bits per heavy atom. The van der Waals surface area contributed by atoms with Crippen molar-refractivity contribution in [1.82, 2.24) is 15.2 Å². The largest absolute Gasteiger partial charge is 0.492 e. The van der Waals surface area contributed by atoms with E-state index in [4.69, 9.17) is 14.2 Å². The summed E-state index contributed by atoms with van der Waals surface area (Å²) >= 11 is 1.66. The van der Waals surface area contributed by atoms with Crippen molar-refractivity contribution >= 4 is 17.3 Å². The van der Waals surface area contributed by atoms with Crippen molar-refractivity contribution in [2.24, 2.45) is 4.99 Å². The van der Waals surface area contributed by atoms with Crippen molar-refractivity contribution in [1.29, 1.82) is 0 Å². The van der Waals surface area contributed by atoms with Crippen LogP contribution in [0.5, 0.6) is 17.2 Å². The van der Waals surface area contributed by atoms with Crippen molar-refractivity contribution in [3.05, 3.63) is 34.3 Å². The number of fused-ring (bicyclic) bond motifs is 1. The van der Waals surface area contributed by atoms with Crippen molar-refractivity contribution in [2.45, 2.75) is 13.5 Å². The summed E-state index contributed by atoms with van der Waals surface area (Å²) in [7, 11) is 3.76. The molecular formula is C17H22N4O3S. The maximum atomic E-state index is 5.75. The third-order valence-corrected chi connectivity index (χ3v) is 4.46. The van der Waals surface area contributed by atoms with Gasteiger partial charge in [-0.1, -0.05) is 0 Å². The number of nitrogens with one attached hydrogen (secondary N) is 1. The van der Waals surface area contributed by atoms with Crippen LogP contribution in [0.15, 0.2) is 28.6 Å². The number of guanidine groups is 1. The van der Waals surface area contributed by atoms with E-state index in [1.807, 2.05) is 37.1 Å². The lowest BCUT2D eigenvalue weighted by Crippen LogP contribution is -2.40. The van der Waals surface area contributed by atoms with E-state index in [-0.39, 0.29) is 6.79 Å². The number of ether oxygens (including phenoxy) is 3. The molecule has 0 saturated carbocycles. The van der Waals surface area contributed by atoms with Gasteiger partial charge in [0.15, 0.2) is 17.5 Å². The van der Waals surface area contributed by atoms with Crippen LogP contribution in [0.2, 0.25) is 0 Å². The monoisotopic (exact) mass is 362 g/mol. The highest BCUT2D eigenvalue weighted by molar-refractivity contribution is 7.09. The molecule has 1 aliphatic rings. The molecule has 0 unspecified atom stereocenters. The zero-order chi connectivity index (χ0) is 17.6. The Balaban J connectivity index is 1.43. The van der Waals surface area contributed by atoms with E-state index in [2.05, 4.69) is 20.7 Å². The van der Waals surface area contributed by atoms with Gasteiger partial charge in [0.25, 0.3) is 0 Å². The van der Waals surface area contributed by atoms with Gasteiger partial charge in [-0.25, -0.2) is 4.98 Å². The summed E-state index contributed by atoms with van der Waals surface area (Å²) in [6.45, 7) is 4.15. The van der Waals surface area contributed by atoms with Crippen molar-refractivity contribution in [3.8, 4) is 17.2 Å². The summed E-state index contributed by atoms with van der Waals surface area (Å²) in [6.07, 6.45) is 0. The Morgan fingerprint density at radius 2 is 2.24 bits per heavy atom. The molecule has 7 nitrogen and oxygen atoms in total. The van der Waals surface area contributed by atoms with E-state index in [1.54, 1.807) is 18.4 Å². The highest BCUT2D eigenvalue weighted by Gasteiger charge is 2.13. The first kappa shape index (κ1) is 17.3. The molecule has 0 atom stereocenters. The van der Waals surface area contributed by atoms with Crippen LogP contribution in [0.1, 0.15) is 10.7 Å². The molecule has 0 amide bonds. The molecule has 8 heteroatoms. The summed E-state index contributed by atoms with van der Waals surface area (Å²) in [4.78, 5) is 10.8. The number of nitrogens with zero attached hydrogens (tertiary/aromatic N) is 3. The molecule has 25 heavy (non-hydrogen) atoms. The van der Waals surface area contributed by atoms with Crippen molar-refractivity contribution in [3.63, 3.8) is 0 Å². The first-order chi connectivity index (χ1) is 12.2. The molecule has 1 aromatic carbocycles. The fourth-order valence-electron chi connectivity index (χ4n) is 2.48. The number of hydrogen-bond donors (Lipinski definition) is 1. The summed E-state index contributed by atoms with van der Waals surface area (Å²) in [6, 6.07) is 5.57. The normalized spacial score (nSPS) is 13.0. The minimum absolute atomic E-state index is 0.265. The second-order valence-electron chi connectivity index (χ2n) is 5.55. The predicted molar refractivity (Wildman–Crippen MR) is 97.7 cm³/mol. The van der Waals surface area contributed by atoms with Gasteiger partial charge in [-0.2, -0.15) is 0 Å². The minimum atomic E-state index is 0.265. The highest BCUT2D eigenvalue weighted by Crippen LogP contribution is 2.34. The summed E-state index contributed by atoms with van der Waals surface area (Å²) < 4.78 is 16.4. The number of aliphatic imine (C=N–C) groups is 1. The van der Waals surface area contributed by atoms with Gasteiger partial charge in [-0.3, -0.25) is 4.99 Å². The van der Waals surface area contributed by atoms with Gasteiger partial charge in [0.05, 0.1) is 23.8 Å². The third kappa shape index (κ3) is 4.54. The van der Waals surface area contributed by atoms with E-state index < -0.39 is 0 Å². The molecule has 1 aliphatic heterocycles. The first-order valence-electron chi connectivity index (χ1n) is 8.01. The number of thiazole rings is 1. The number of aryl methyl sites for hydroxylation is 1. The molecule has 0 spiro atoms. The van der Waals surface area contributed by atoms with Gasteiger partial charge in [-0.05, 0) is 19.1 Å². The Bertz CT molecular complexity index is 747. The quantitative estimate of drug-likeness (QED) is 0.483. The smallest absolute Gasteiger partial charge is 0.231 e.